The summed E-state index contributed by atoms with van der Waals surface area (Å²) in [6, 6.07) is 1.64. The van der Waals surface area contributed by atoms with Gasteiger partial charge in [-0.2, -0.15) is 0 Å². The van der Waals surface area contributed by atoms with Gasteiger partial charge in [-0.05, 0) is 13.0 Å². The molecule has 3 heterocycles. The van der Waals surface area contributed by atoms with Crippen LogP contribution in [0.5, 0.6) is 0 Å². The number of rotatable bonds is 3. The second-order valence-electron chi connectivity index (χ2n) is 5.17. The molecular formula is C12H16N4O5. The Bertz CT molecular complexity index is 658. The normalized spacial score (nSPS) is 32.7. The van der Waals surface area contributed by atoms with Gasteiger partial charge in [0.15, 0.2) is 12.0 Å². The van der Waals surface area contributed by atoms with Gasteiger partial charge in [0.05, 0.1) is 12.0 Å². The molecular weight excluding hydrogens is 280 g/mol. The maximum atomic E-state index is 10.5. The summed E-state index contributed by atoms with van der Waals surface area (Å²) < 4.78 is 7.06. The van der Waals surface area contributed by atoms with Crippen LogP contribution in [-0.4, -0.2) is 59.5 Å². The van der Waals surface area contributed by atoms with Crippen molar-refractivity contribution in [3.63, 3.8) is 0 Å². The van der Waals surface area contributed by atoms with E-state index in [1.807, 2.05) is 5.48 Å². The van der Waals surface area contributed by atoms with E-state index in [0.29, 0.717) is 11.0 Å². The molecule has 9 nitrogen and oxygen atoms in total. The zero-order chi connectivity index (χ0) is 15.2. The van der Waals surface area contributed by atoms with Crippen molar-refractivity contribution in [3.8, 4) is 0 Å². The number of hydrogen-bond acceptors (Lipinski definition) is 8. The van der Waals surface area contributed by atoms with Crippen LogP contribution in [0.1, 0.15) is 13.2 Å². The Hall–Kier alpha value is -1.78. The molecule has 0 saturated carbocycles. The quantitative estimate of drug-likeness (QED) is 0.467. The average molecular weight is 296 g/mol. The second kappa shape index (κ2) is 4.90. The average Bonchev–Trinajstić information content (AvgIpc) is 2.99. The summed E-state index contributed by atoms with van der Waals surface area (Å²) in [5.74, 6) is 0.218. The van der Waals surface area contributed by atoms with Gasteiger partial charge in [0.1, 0.15) is 29.8 Å². The predicted molar refractivity (Wildman–Crippen MR) is 70.6 cm³/mol. The summed E-state index contributed by atoms with van der Waals surface area (Å²) >= 11 is 0. The lowest BCUT2D eigenvalue weighted by atomic mass is 9.96. The molecule has 0 aliphatic carbocycles. The number of nitrogens with zero attached hydrogens (tertiary/aromatic N) is 3. The molecule has 0 bridgehead atoms. The molecule has 1 fully saturated rings. The number of nitrogens with one attached hydrogen (secondary N) is 1. The Labute approximate surface area is 119 Å². The summed E-state index contributed by atoms with van der Waals surface area (Å²) in [4.78, 5) is 7.97. The van der Waals surface area contributed by atoms with Gasteiger partial charge in [0, 0.05) is 6.20 Å². The summed E-state index contributed by atoms with van der Waals surface area (Å²) in [7, 11) is 0. The molecule has 0 aromatic carbocycles. The molecule has 114 valence electrons. The molecule has 5 N–H and O–H groups in total. The van der Waals surface area contributed by atoms with Gasteiger partial charge in [-0.1, -0.05) is 0 Å². The van der Waals surface area contributed by atoms with Crippen LogP contribution in [0.2, 0.25) is 0 Å². The maximum Gasteiger partial charge on any atom is 0.167 e. The molecule has 3 unspecified atom stereocenters. The van der Waals surface area contributed by atoms with Crippen LogP contribution < -0.4 is 5.48 Å². The number of ether oxygens (including phenoxy) is 1. The Balaban J connectivity index is 2.09. The molecule has 1 saturated heterocycles. The Morgan fingerprint density at radius 3 is 2.86 bits per heavy atom. The molecule has 9 heteroatoms. The van der Waals surface area contributed by atoms with Crippen LogP contribution in [0.3, 0.4) is 0 Å². The van der Waals surface area contributed by atoms with Crippen LogP contribution in [0.4, 0.5) is 5.82 Å². The summed E-state index contributed by atoms with van der Waals surface area (Å²) in [5, 5.41) is 39.3. The summed E-state index contributed by atoms with van der Waals surface area (Å²) in [6.45, 7) is 1.02. The Kier molecular flexibility index (Phi) is 3.30. The minimum atomic E-state index is -1.60. The zero-order valence-electron chi connectivity index (χ0n) is 11.2. The summed E-state index contributed by atoms with van der Waals surface area (Å²) in [5.41, 5.74) is 0.781. The van der Waals surface area contributed by atoms with Crippen molar-refractivity contribution in [1.82, 2.24) is 14.5 Å². The maximum absolute atomic E-state index is 10.5. The van der Waals surface area contributed by atoms with E-state index < -0.39 is 30.6 Å². The van der Waals surface area contributed by atoms with Gasteiger partial charge in [-0.25, -0.2) is 9.97 Å². The van der Waals surface area contributed by atoms with E-state index in [9.17, 15) is 15.3 Å². The number of aromatic nitrogens is 3. The number of fused-ring (bicyclic) bond motifs is 1. The third kappa shape index (κ3) is 1.98. The fourth-order valence-electron chi connectivity index (χ4n) is 2.64. The minimum Gasteiger partial charge on any atom is -0.394 e. The molecule has 21 heavy (non-hydrogen) atoms. The number of aliphatic hydroxyl groups excluding tert-OH is 2. The first-order valence-electron chi connectivity index (χ1n) is 6.39. The van der Waals surface area contributed by atoms with Crippen molar-refractivity contribution < 1.29 is 25.3 Å². The fraction of sp³-hybridized carbons (Fsp3) is 0.500. The van der Waals surface area contributed by atoms with E-state index in [0.717, 1.165) is 0 Å². The van der Waals surface area contributed by atoms with E-state index in [1.165, 1.54) is 17.8 Å². The van der Waals surface area contributed by atoms with Gasteiger partial charge in [0.25, 0.3) is 0 Å². The highest BCUT2D eigenvalue weighted by atomic mass is 16.6. The second-order valence-corrected chi connectivity index (χ2v) is 5.17. The zero-order valence-corrected chi connectivity index (χ0v) is 11.2. The SMILES string of the molecule is C[C@@]1(O)C(O)C(CO)OC1n1ccc2c(NO)ncnc21. The first-order chi connectivity index (χ1) is 10.0. The van der Waals surface area contributed by atoms with Gasteiger partial charge in [0.2, 0.25) is 0 Å². The van der Waals surface area contributed by atoms with Crippen LogP contribution in [0, 0.1) is 0 Å². The lowest BCUT2D eigenvalue weighted by Crippen LogP contribution is -2.44. The molecule has 1 aliphatic rings. The standard InChI is InChI=1S/C12H16N4O5/c1-12(19)8(18)7(4-17)21-11(12)16-3-2-6-9(15-20)13-5-14-10(6)16/h2-3,5,7-8,11,17-20H,4H2,1H3,(H,13,14,15)/t7?,8?,11?,12-/m1/s1. The topological polar surface area (TPSA) is 133 Å². The smallest absolute Gasteiger partial charge is 0.167 e. The van der Waals surface area contributed by atoms with E-state index in [-0.39, 0.29) is 5.82 Å². The predicted octanol–water partition coefficient (Wildman–Crippen LogP) is -0.766. The van der Waals surface area contributed by atoms with E-state index >= 15 is 0 Å². The van der Waals surface area contributed by atoms with Crippen LogP contribution in [-0.2, 0) is 4.74 Å². The molecule has 2 aromatic heterocycles. The fourth-order valence-corrected chi connectivity index (χ4v) is 2.64. The number of hydrogen-bond donors (Lipinski definition) is 5. The van der Waals surface area contributed by atoms with Crippen LogP contribution in [0.25, 0.3) is 11.0 Å². The lowest BCUT2D eigenvalue weighted by Gasteiger charge is -2.27. The molecule has 1 aliphatic heterocycles. The molecule has 0 spiro atoms. The summed E-state index contributed by atoms with van der Waals surface area (Å²) in [6.07, 6.45) is -0.196. The van der Waals surface area contributed by atoms with Crippen molar-refractivity contribution in [2.24, 2.45) is 0 Å². The van der Waals surface area contributed by atoms with Crippen molar-refractivity contribution in [1.29, 1.82) is 0 Å². The van der Waals surface area contributed by atoms with E-state index in [2.05, 4.69) is 9.97 Å². The Morgan fingerprint density at radius 1 is 1.48 bits per heavy atom. The van der Waals surface area contributed by atoms with Crippen LogP contribution >= 0.6 is 0 Å². The molecule has 0 radical (unpaired) electrons. The first kappa shape index (κ1) is 14.2. The highest BCUT2D eigenvalue weighted by Gasteiger charge is 2.53. The first-order valence-corrected chi connectivity index (χ1v) is 6.39. The van der Waals surface area contributed by atoms with Gasteiger partial charge in [-0.3, -0.25) is 10.7 Å². The monoisotopic (exact) mass is 296 g/mol. The molecule has 2 aromatic rings. The van der Waals surface area contributed by atoms with Crippen molar-refractivity contribution in [2.75, 3.05) is 12.1 Å². The van der Waals surface area contributed by atoms with E-state index in [1.54, 1.807) is 12.3 Å². The third-order valence-electron chi connectivity index (χ3n) is 3.80. The molecule has 0 amide bonds. The van der Waals surface area contributed by atoms with Gasteiger partial charge < -0.3 is 24.6 Å². The minimum absolute atomic E-state index is 0.218. The Morgan fingerprint density at radius 2 is 2.24 bits per heavy atom. The van der Waals surface area contributed by atoms with Gasteiger partial charge >= 0.3 is 0 Å². The third-order valence-corrected chi connectivity index (χ3v) is 3.80. The molecule has 4 atom stereocenters. The van der Waals surface area contributed by atoms with Crippen molar-refractivity contribution in [3.05, 3.63) is 18.6 Å². The van der Waals surface area contributed by atoms with Gasteiger partial charge in [-0.15, -0.1) is 0 Å². The molecule has 3 rings (SSSR count). The number of anilines is 1. The largest absolute Gasteiger partial charge is 0.394 e. The van der Waals surface area contributed by atoms with Crippen molar-refractivity contribution in [2.45, 2.75) is 31.0 Å². The number of aliphatic hydroxyl groups is 3. The van der Waals surface area contributed by atoms with Crippen LogP contribution in [0.15, 0.2) is 18.6 Å². The van der Waals surface area contributed by atoms with Crippen molar-refractivity contribution >= 4 is 16.9 Å². The highest BCUT2D eigenvalue weighted by molar-refractivity contribution is 5.86. The highest BCUT2D eigenvalue weighted by Crippen LogP contribution is 2.39. The lowest BCUT2D eigenvalue weighted by molar-refractivity contribution is -0.0948. The van der Waals surface area contributed by atoms with E-state index in [4.69, 9.17) is 9.94 Å².